The van der Waals surface area contributed by atoms with Gasteiger partial charge in [-0.2, -0.15) is 5.26 Å². The first-order valence-corrected chi connectivity index (χ1v) is 3.36. The molecule has 0 N–H and O–H groups in total. The van der Waals surface area contributed by atoms with Crippen LogP contribution in [0.25, 0.3) is 0 Å². The fourth-order valence-corrected chi connectivity index (χ4v) is 0.834. The van der Waals surface area contributed by atoms with E-state index in [0.717, 1.165) is 0 Å². The van der Waals surface area contributed by atoms with E-state index in [0.29, 0.717) is 11.1 Å². The predicted molar refractivity (Wildman–Crippen MR) is 49.7 cm³/mol. The molecule has 0 spiro atoms. The van der Waals surface area contributed by atoms with Crippen molar-refractivity contribution in [1.82, 2.24) is 0 Å². The highest BCUT2D eigenvalue weighted by Crippen LogP contribution is 2.04. The fraction of sp³-hybridized carbons (Fsp3) is 0.111. The summed E-state index contributed by atoms with van der Waals surface area (Å²) in [6, 6.07) is 8.31. The van der Waals surface area contributed by atoms with Gasteiger partial charge in [0.05, 0.1) is 24.3 Å². The molecule has 0 saturated carbocycles. The molecule has 0 unspecified atom stereocenters. The molecule has 0 heterocycles. The van der Waals surface area contributed by atoms with Gasteiger partial charge >= 0.3 is 5.97 Å². The van der Waals surface area contributed by atoms with Gasteiger partial charge in [-0.1, -0.05) is 6.07 Å². The highest BCUT2D eigenvalue weighted by atomic mass is 35.5. The van der Waals surface area contributed by atoms with Gasteiger partial charge in [0.1, 0.15) is 0 Å². The lowest BCUT2D eigenvalue weighted by Crippen LogP contribution is -2.00. The molecule has 0 aliphatic rings. The molecule has 1 rings (SSSR count). The number of benzene rings is 1. The van der Waals surface area contributed by atoms with Crippen LogP contribution in [0.3, 0.4) is 0 Å². The number of carbonyl (C=O) groups is 1. The van der Waals surface area contributed by atoms with E-state index in [1.807, 2.05) is 6.07 Å². The minimum absolute atomic E-state index is 0. The summed E-state index contributed by atoms with van der Waals surface area (Å²) >= 11 is 0. The summed E-state index contributed by atoms with van der Waals surface area (Å²) in [5, 5.41) is 8.51. The second kappa shape index (κ2) is 5.18. The Balaban J connectivity index is 0.00000144. The van der Waals surface area contributed by atoms with E-state index in [9.17, 15) is 4.79 Å². The largest absolute Gasteiger partial charge is 0.465 e. The lowest BCUT2D eigenvalue weighted by molar-refractivity contribution is 0.0600. The molecule has 0 atom stereocenters. The normalized spacial score (nSPS) is 8.00. The van der Waals surface area contributed by atoms with E-state index < -0.39 is 5.97 Å². The number of hydrogen-bond donors (Lipinski definition) is 0. The second-order valence-corrected chi connectivity index (χ2v) is 2.18. The van der Waals surface area contributed by atoms with Crippen molar-refractivity contribution in [3.63, 3.8) is 0 Å². The average Bonchev–Trinajstić information content (AvgIpc) is 2.17. The standard InChI is InChI=1S/C9H7NO2.ClH/c1-12-9(11)8-4-2-3-7(5-8)6-10;/h2-5H,1H3;1H. The number of nitrogens with zero attached hydrogens (tertiary/aromatic N) is 1. The summed E-state index contributed by atoms with van der Waals surface area (Å²) in [7, 11) is 1.31. The molecule has 0 radical (unpaired) electrons. The number of nitriles is 1. The summed E-state index contributed by atoms with van der Waals surface area (Å²) in [4.78, 5) is 10.9. The van der Waals surface area contributed by atoms with Crippen LogP contribution in [0.2, 0.25) is 0 Å². The Morgan fingerprint density at radius 1 is 1.54 bits per heavy atom. The first-order valence-electron chi connectivity index (χ1n) is 3.36. The third-order valence-electron chi connectivity index (χ3n) is 1.41. The van der Waals surface area contributed by atoms with E-state index >= 15 is 0 Å². The quantitative estimate of drug-likeness (QED) is 0.645. The van der Waals surface area contributed by atoms with Crippen molar-refractivity contribution < 1.29 is 9.53 Å². The maximum absolute atomic E-state index is 10.9. The monoisotopic (exact) mass is 197 g/mol. The molecular weight excluding hydrogens is 190 g/mol. The molecule has 1 aromatic carbocycles. The highest BCUT2D eigenvalue weighted by molar-refractivity contribution is 5.89. The van der Waals surface area contributed by atoms with Gasteiger partial charge in [-0.25, -0.2) is 4.79 Å². The lowest BCUT2D eigenvalue weighted by atomic mass is 10.1. The minimum Gasteiger partial charge on any atom is -0.465 e. The van der Waals surface area contributed by atoms with Crippen molar-refractivity contribution in [2.75, 3.05) is 7.11 Å². The molecule has 1 aromatic rings. The highest BCUT2D eigenvalue weighted by Gasteiger charge is 2.04. The van der Waals surface area contributed by atoms with Crippen molar-refractivity contribution in [3.8, 4) is 6.07 Å². The summed E-state index contributed by atoms with van der Waals surface area (Å²) < 4.78 is 4.49. The first-order chi connectivity index (χ1) is 5.77. The maximum Gasteiger partial charge on any atom is 0.337 e. The molecule has 68 valence electrons. The van der Waals surface area contributed by atoms with Gasteiger partial charge in [-0.15, -0.1) is 12.4 Å². The van der Waals surface area contributed by atoms with Crippen LogP contribution < -0.4 is 0 Å². The van der Waals surface area contributed by atoms with Crippen LogP contribution >= 0.6 is 12.4 Å². The zero-order chi connectivity index (χ0) is 8.97. The van der Waals surface area contributed by atoms with E-state index in [4.69, 9.17) is 5.26 Å². The summed E-state index contributed by atoms with van der Waals surface area (Å²) in [5.74, 6) is -0.424. The van der Waals surface area contributed by atoms with Gasteiger partial charge in [-0.3, -0.25) is 0 Å². The average molecular weight is 198 g/mol. The smallest absolute Gasteiger partial charge is 0.337 e. The maximum atomic E-state index is 10.9. The molecule has 0 fully saturated rings. The molecule has 0 aliphatic carbocycles. The van der Waals surface area contributed by atoms with Crippen LogP contribution in [0, 0.1) is 11.3 Å². The lowest BCUT2D eigenvalue weighted by Gasteiger charge is -1.97. The topological polar surface area (TPSA) is 50.1 Å². The van der Waals surface area contributed by atoms with Gasteiger partial charge < -0.3 is 4.74 Å². The Morgan fingerprint density at radius 2 is 2.23 bits per heavy atom. The Labute approximate surface area is 82.3 Å². The molecular formula is C9H8ClNO2. The zero-order valence-corrected chi connectivity index (χ0v) is 7.80. The third-order valence-corrected chi connectivity index (χ3v) is 1.41. The van der Waals surface area contributed by atoms with E-state index in [1.54, 1.807) is 18.2 Å². The molecule has 0 amide bonds. The van der Waals surface area contributed by atoms with Crippen molar-refractivity contribution in [2.24, 2.45) is 0 Å². The van der Waals surface area contributed by atoms with Crippen molar-refractivity contribution in [3.05, 3.63) is 35.4 Å². The molecule has 4 heteroatoms. The van der Waals surface area contributed by atoms with Crippen LogP contribution in [0.4, 0.5) is 0 Å². The van der Waals surface area contributed by atoms with Gasteiger partial charge in [0.15, 0.2) is 0 Å². The summed E-state index contributed by atoms with van der Waals surface area (Å²) in [6.45, 7) is 0. The van der Waals surface area contributed by atoms with Crippen molar-refractivity contribution in [2.45, 2.75) is 0 Å². The number of methoxy groups -OCH3 is 1. The number of ether oxygens (including phenoxy) is 1. The van der Waals surface area contributed by atoms with Gasteiger partial charge in [0.2, 0.25) is 0 Å². The number of halogens is 1. The van der Waals surface area contributed by atoms with E-state index in [2.05, 4.69) is 4.74 Å². The Bertz CT molecular complexity index is 344. The first kappa shape index (κ1) is 11.5. The van der Waals surface area contributed by atoms with Crippen LogP contribution in [0.1, 0.15) is 15.9 Å². The van der Waals surface area contributed by atoms with Crippen LogP contribution in [-0.2, 0) is 4.74 Å². The van der Waals surface area contributed by atoms with Gasteiger partial charge in [0.25, 0.3) is 0 Å². The van der Waals surface area contributed by atoms with Crippen molar-refractivity contribution in [1.29, 1.82) is 5.26 Å². The fourth-order valence-electron chi connectivity index (χ4n) is 0.834. The number of carbonyl (C=O) groups excluding carboxylic acids is 1. The van der Waals surface area contributed by atoms with Gasteiger partial charge in [-0.05, 0) is 18.2 Å². The van der Waals surface area contributed by atoms with Crippen molar-refractivity contribution >= 4 is 18.4 Å². The minimum atomic E-state index is -0.424. The molecule has 0 aromatic heterocycles. The molecule has 0 bridgehead atoms. The third kappa shape index (κ3) is 2.77. The van der Waals surface area contributed by atoms with Crippen LogP contribution in [0.5, 0.6) is 0 Å². The summed E-state index contributed by atoms with van der Waals surface area (Å²) in [6.07, 6.45) is 0. The van der Waals surface area contributed by atoms with E-state index in [-0.39, 0.29) is 12.4 Å². The molecule has 0 aliphatic heterocycles. The second-order valence-electron chi connectivity index (χ2n) is 2.18. The van der Waals surface area contributed by atoms with Crippen LogP contribution in [0.15, 0.2) is 24.3 Å². The number of esters is 1. The Kier molecular flexibility index (Phi) is 4.57. The molecule has 13 heavy (non-hydrogen) atoms. The van der Waals surface area contributed by atoms with E-state index in [1.165, 1.54) is 13.2 Å². The number of rotatable bonds is 1. The Hall–Kier alpha value is -1.53. The zero-order valence-electron chi connectivity index (χ0n) is 6.98. The Morgan fingerprint density at radius 3 is 2.77 bits per heavy atom. The van der Waals surface area contributed by atoms with Gasteiger partial charge in [0, 0.05) is 0 Å². The SMILES string of the molecule is COC(=O)c1cccc(C#N)c1.Cl. The van der Waals surface area contributed by atoms with Crippen LogP contribution in [-0.4, -0.2) is 13.1 Å². The summed E-state index contributed by atoms with van der Waals surface area (Å²) in [5.41, 5.74) is 0.856. The molecule has 3 nitrogen and oxygen atoms in total. The molecule has 0 saturated heterocycles. The number of hydrogen-bond acceptors (Lipinski definition) is 3. The predicted octanol–water partition coefficient (Wildman–Crippen LogP) is 1.77.